The molecular weight excluding hydrogens is 745 g/mol. The van der Waals surface area contributed by atoms with E-state index in [0.717, 1.165) is 50.1 Å². The van der Waals surface area contributed by atoms with E-state index in [1.807, 2.05) is 0 Å². The molecule has 0 saturated carbocycles. The molecular formula is C56H38N2OSi. The van der Waals surface area contributed by atoms with E-state index in [9.17, 15) is 0 Å². The molecule has 0 saturated heterocycles. The summed E-state index contributed by atoms with van der Waals surface area (Å²) in [6.45, 7) is 0. The minimum Gasteiger partial charge on any atom is -0.439 e. The number of benzene rings is 9. The molecule has 0 aliphatic rings. The summed E-state index contributed by atoms with van der Waals surface area (Å²) in [6, 6.07) is 84.3. The van der Waals surface area contributed by atoms with Gasteiger partial charge in [-0.05, 0) is 80.4 Å². The van der Waals surface area contributed by atoms with Gasteiger partial charge in [-0.15, -0.1) is 0 Å². The van der Waals surface area contributed by atoms with Crippen LogP contribution < -0.4 is 20.7 Å². The highest BCUT2D eigenvalue weighted by Crippen LogP contribution is 2.43. The molecule has 0 N–H and O–H groups in total. The molecule has 0 unspecified atom stereocenters. The summed E-state index contributed by atoms with van der Waals surface area (Å²) < 4.78 is 11.4. The first-order valence-corrected chi connectivity index (χ1v) is 22.6. The number of hydrogen-bond acceptors (Lipinski definition) is 1. The maximum atomic E-state index is 6.74. The fourth-order valence-corrected chi connectivity index (χ4v) is 14.7. The van der Waals surface area contributed by atoms with Crippen molar-refractivity contribution in [3.8, 4) is 22.5 Å². The molecule has 0 aliphatic heterocycles. The Morgan fingerprint density at radius 1 is 0.333 bits per heavy atom. The lowest BCUT2D eigenvalue weighted by molar-refractivity contribution is 0.645. The molecule has 3 aromatic heterocycles. The lowest BCUT2D eigenvalue weighted by Crippen LogP contribution is -2.74. The maximum absolute atomic E-state index is 6.74. The van der Waals surface area contributed by atoms with Crippen molar-refractivity contribution < 1.29 is 4.42 Å². The zero-order chi connectivity index (χ0) is 39.6. The molecule has 12 aromatic rings. The summed E-state index contributed by atoms with van der Waals surface area (Å²) in [7, 11) is -2.71. The van der Waals surface area contributed by atoms with Crippen LogP contribution in [-0.4, -0.2) is 17.2 Å². The van der Waals surface area contributed by atoms with Crippen LogP contribution in [0.2, 0.25) is 0 Å². The molecule has 0 spiro atoms. The summed E-state index contributed by atoms with van der Waals surface area (Å²) in [4.78, 5) is 0. The van der Waals surface area contributed by atoms with E-state index in [4.69, 9.17) is 4.42 Å². The molecule has 0 amide bonds. The number of hydrogen-bond donors (Lipinski definition) is 0. The highest BCUT2D eigenvalue weighted by atomic mass is 28.3. The van der Waals surface area contributed by atoms with Crippen molar-refractivity contribution in [2.45, 2.75) is 0 Å². The van der Waals surface area contributed by atoms with Crippen LogP contribution in [0.25, 0.3) is 77.3 Å². The number of aromatic nitrogens is 2. The molecule has 0 fully saturated rings. The number of fused-ring (bicyclic) bond motifs is 8. The summed E-state index contributed by atoms with van der Waals surface area (Å²) in [5, 5.41) is 11.4. The number of rotatable bonds is 7. The van der Waals surface area contributed by atoms with Crippen molar-refractivity contribution in [1.82, 2.24) is 9.13 Å². The Balaban J connectivity index is 1.04. The van der Waals surface area contributed by atoms with Crippen LogP contribution in [0.1, 0.15) is 0 Å². The predicted octanol–water partition coefficient (Wildman–Crippen LogP) is 11.7. The summed E-state index contributed by atoms with van der Waals surface area (Å²) in [6.07, 6.45) is 0. The lowest BCUT2D eigenvalue weighted by atomic mass is 9.99. The van der Waals surface area contributed by atoms with E-state index in [2.05, 4.69) is 240 Å². The molecule has 60 heavy (non-hydrogen) atoms. The molecule has 4 heteroatoms. The van der Waals surface area contributed by atoms with Gasteiger partial charge < -0.3 is 8.98 Å². The van der Waals surface area contributed by atoms with Crippen LogP contribution in [0.15, 0.2) is 235 Å². The van der Waals surface area contributed by atoms with E-state index in [0.29, 0.717) is 0 Å². The van der Waals surface area contributed by atoms with E-state index < -0.39 is 8.07 Å². The fourth-order valence-electron chi connectivity index (χ4n) is 9.95. The molecule has 9 aromatic carbocycles. The van der Waals surface area contributed by atoms with Gasteiger partial charge in [0.25, 0.3) is 0 Å². The minimum atomic E-state index is -2.71. The lowest BCUT2D eigenvalue weighted by Gasteiger charge is -2.34. The van der Waals surface area contributed by atoms with Crippen molar-refractivity contribution in [3.05, 3.63) is 231 Å². The van der Waals surface area contributed by atoms with Crippen LogP contribution in [0, 0.1) is 0 Å². The van der Waals surface area contributed by atoms with Gasteiger partial charge in [0.15, 0.2) is 8.07 Å². The van der Waals surface area contributed by atoms with Crippen LogP contribution >= 0.6 is 0 Å². The third kappa shape index (κ3) is 5.08. The first kappa shape index (κ1) is 34.4. The van der Waals surface area contributed by atoms with Crippen molar-refractivity contribution in [3.63, 3.8) is 0 Å². The highest BCUT2D eigenvalue weighted by molar-refractivity contribution is 7.20. The second-order valence-corrected chi connectivity index (χ2v) is 19.4. The van der Waals surface area contributed by atoms with Gasteiger partial charge >= 0.3 is 0 Å². The van der Waals surface area contributed by atoms with Crippen LogP contribution in [0.4, 0.5) is 0 Å². The second kappa shape index (κ2) is 13.7. The molecule has 282 valence electrons. The van der Waals surface area contributed by atoms with Crippen LogP contribution in [-0.2, 0) is 0 Å². The van der Waals surface area contributed by atoms with Gasteiger partial charge in [0.05, 0.1) is 21.9 Å². The topological polar surface area (TPSA) is 23.0 Å². The van der Waals surface area contributed by atoms with E-state index in [1.54, 1.807) is 0 Å². The van der Waals surface area contributed by atoms with Gasteiger partial charge in [0.2, 0.25) is 5.71 Å². The quantitative estimate of drug-likeness (QED) is 0.117. The molecule has 3 heterocycles. The van der Waals surface area contributed by atoms with Crippen molar-refractivity contribution in [2.24, 2.45) is 0 Å². The first-order chi connectivity index (χ1) is 29.8. The average Bonchev–Trinajstić information content (AvgIpc) is 3.98. The highest BCUT2D eigenvalue weighted by Gasteiger charge is 2.41. The van der Waals surface area contributed by atoms with Gasteiger partial charge in [0, 0.05) is 32.9 Å². The molecule has 12 rings (SSSR count). The van der Waals surface area contributed by atoms with E-state index in [-0.39, 0.29) is 0 Å². The number of nitrogens with zero attached hydrogens (tertiary/aromatic N) is 2. The van der Waals surface area contributed by atoms with Gasteiger partial charge in [-0.1, -0.05) is 182 Å². The number of para-hydroxylation sites is 3. The SMILES string of the molecule is c1ccc(-n2c3ccccc3c3c4c(-c5ccc(-n6c7ccccc7c7cc([Si](c8ccccc8)(c8ccccc8)c8ccccc8)ccc76)cc5)cccc4oc32)cc1. The van der Waals surface area contributed by atoms with E-state index >= 15 is 0 Å². The summed E-state index contributed by atoms with van der Waals surface area (Å²) in [5.74, 6) is 0. The minimum absolute atomic E-state index is 0.866. The van der Waals surface area contributed by atoms with Crippen molar-refractivity contribution in [2.75, 3.05) is 0 Å². The van der Waals surface area contributed by atoms with Gasteiger partial charge in [-0.3, -0.25) is 4.57 Å². The van der Waals surface area contributed by atoms with E-state index in [1.165, 1.54) is 47.9 Å². The van der Waals surface area contributed by atoms with Gasteiger partial charge in [-0.2, -0.15) is 0 Å². The fraction of sp³-hybridized carbons (Fsp3) is 0. The van der Waals surface area contributed by atoms with Gasteiger partial charge in [-0.25, -0.2) is 0 Å². The summed E-state index contributed by atoms with van der Waals surface area (Å²) in [5.41, 5.74) is 9.78. The Labute approximate surface area is 348 Å². The Morgan fingerprint density at radius 3 is 1.48 bits per heavy atom. The molecule has 0 atom stereocenters. The smallest absolute Gasteiger partial charge is 0.213 e. The third-order valence-electron chi connectivity index (χ3n) is 12.5. The first-order valence-electron chi connectivity index (χ1n) is 20.6. The number of furan rings is 1. The normalized spacial score (nSPS) is 12.0. The standard InChI is InChI=1S/C56H38N2OSi/c1-5-18-40(19-6-1)58-51-30-16-14-27-48(51)55-54-46(28-17-31-53(54)59-56(55)58)39-32-34-41(35-33-39)57-50-29-15-13-26-47(50)49-38-45(36-37-52(49)57)60(42-20-7-2-8-21-42,43-22-9-3-10-23-43)44-24-11-4-12-25-44/h1-38H. The van der Waals surface area contributed by atoms with Crippen molar-refractivity contribution >= 4 is 83.6 Å². The third-order valence-corrected chi connectivity index (χ3v) is 17.3. The Morgan fingerprint density at radius 2 is 0.850 bits per heavy atom. The Hall–Kier alpha value is -7.66. The summed E-state index contributed by atoms with van der Waals surface area (Å²) >= 11 is 0. The Bertz CT molecular complexity index is 3420. The molecule has 0 aliphatic carbocycles. The average molecular weight is 783 g/mol. The zero-order valence-corrected chi connectivity index (χ0v) is 33.7. The molecule has 0 radical (unpaired) electrons. The molecule has 0 bridgehead atoms. The monoisotopic (exact) mass is 782 g/mol. The second-order valence-electron chi connectivity index (χ2n) is 15.6. The van der Waals surface area contributed by atoms with Gasteiger partial charge in [0.1, 0.15) is 5.58 Å². The van der Waals surface area contributed by atoms with Crippen molar-refractivity contribution in [1.29, 1.82) is 0 Å². The zero-order valence-electron chi connectivity index (χ0n) is 32.7. The largest absolute Gasteiger partial charge is 0.439 e. The van der Waals surface area contributed by atoms with Crippen LogP contribution in [0.5, 0.6) is 0 Å². The predicted molar refractivity (Wildman–Crippen MR) is 254 cm³/mol. The van der Waals surface area contributed by atoms with Crippen LogP contribution in [0.3, 0.4) is 0 Å². The molecule has 3 nitrogen and oxygen atoms in total. The maximum Gasteiger partial charge on any atom is 0.213 e. The Kier molecular flexibility index (Phi) is 7.87.